The van der Waals surface area contributed by atoms with Crippen LogP contribution in [0.3, 0.4) is 0 Å². The highest BCUT2D eigenvalue weighted by molar-refractivity contribution is 9.11. The van der Waals surface area contributed by atoms with Gasteiger partial charge in [0.2, 0.25) is 0 Å². The van der Waals surface area contributed by atoms with Crippen molar-refractivity contribution < 1.29 is 19.4 Å². The number of alkyl halides is 1. The van der Waals surface area contributed by atoms with Crippen molar-refractivity contribution in [2.75, 3.05) is 6.61 Å². The third-order valence-corrected chi connectivity index (χ3v) is 5.04. The second-order valence-electron chi connectivity index (χ2n) is 5.48. The molecule has 2 rings (SSSR count). The van der Waals surface area contributed by atoms with Gasteiger partial charge in [-0.15, -0.1) is 0 Å². The first-order chi connectivity index (χ1) is 11.9. The van der Waals surface area contributed by atoms with Gasteiger partial charge in [-0.25, -0.2) is 4.79 Å². The van der Waals surface area contributed by atoms with Crippen molar-refractivity contribution >= 4 is 43.9 Å². The Hall–Kier alpha value is -1.23. The van der Waals surface area contributed by atoms with Gasteiger partial charge in [0.15, 0.2) is 0 Å². The summed E-state index contributed by atoms with van der Waals surface area (Å²) < 4.78 is 12.0. The number of hydrogen-bond donors (Lipinski definition) is 2. The smallest absolute Gasteiger partial charge is 0.330 e. The Morgan fingerprint density at radius 1 is 1.60 bits per heavy atom. The van der Waals surface area contributed by atoms with E-state index in [9.17, 15) is 19.5 Å². The summed E-state index contributed by atoms with van der Waals surface area (Å²) in [5.74, 6) is -0.437. The third-order valence-electron chi connectivity index (χ3n) is 3.76. The van der Waals surface area contributed by atoms with E-state index in [-0.39, 0.29) is 18.6 Å². The quantitative estimate of drug-likeness (QED) is 0.467. The number of ether oxygens (including phenoxy) is 2. The highest BCUT2D eigenvalue weighted by atomic mass is 79.9. The Balaban J connectivity index is 2.11. The standard InChI is InChI=1S/C15H18Br2N2O6/c1-2-9(17)14(22)24-7-11-10(20)5-12(25-11)19-6-8(3-4-16)13(21)18-15(19)23/h3-4,6,9-12,20H,2,5,7H2,1H3,(H,18,21,23)/t9?,10?,11-,12-/m0/s1. The summed E-state index contributed by atoms with van der Waals surface area (Å²) in [5, 5.41) is 10.1. The van der Waals surface area contributed by atoms with Crippen molar-refractivity contribution in [3.05, 3.63) is 37.6 Å². The monoisotopic (exact) mass is 480 g/mol. The molecule has 8 nitrogen and oxygen atoms in total. The third kappa shape index (κ3) is 4.90. The van der Waals surface area contributed by atoms with Crippen molar-refractivity contribution in [3.63, 3.8) is 0 Å². The highest BCUT2D eigenvalue weighted by Gasteiger charge is 2.36. The Kier molecular flexibility index (Phi) is 7.17. The molecule has 1 aromatic rings. The van der Waals surface area contributed by atoms with Crippen molar-refractivity contribution in [1.29, 1.82) is 0 Å². The van der Waals surface area contributed by atoms with Crippen molar-refractivity contribution in [3.8, 4) is 0 Å². The zero-order valence-electron chi connectivity index (χ0n) is 13.4. The van der Waals surface area contributed by atoms with Crippen molar-refractivity contribution in [1.82, 2.24) is 9.55 Å². The predicted molar refractivity (Wildman–Crippen MR) is 97.8 cm³/mol. The van der Waals surface area contributed by atoms with E-state index in [1.807, 2.05) is 6.92 Å². The van der Waals surface area contributed by atoms with Gasteiger partial charge in [0.05, 0.1) is 11.7 Å². The minimum absolute atomic E-state index is 0.120. The van der Waals surface area contributed by atoms with E-state index < -0.39 is 40.5 Å². The number of nitrogens with one attached hydrogen (secondary N) is 1. The average Bonchev–Trinajstić information content (AvgIpc) is 2.95. The number of carbonyl (C=O) groups is 1. The molecule has 1 aromatic heterocycles. The number of carbonyl (C=O) groups excluding carboxylic acids is 1. The molecule has 0 spiro atoms. The zero-order chi connectivity index (χ0) is 18.6. The number of halogens is 2. The van der Waals surface area contributed by atoms with Gasteiger partial charge < -0.3 is 14.6 Å². The first-order valence-corrected chi connectivity index (χ1v) is 9.47. The van der Waals surface area contributed by atoms with E-state index in [1.54, 1.807) is 0 Å². The van der Waals surface area contributed by atoms with E-state index in [4.69, 9.17) is 9.47 Å². The molecule has 0 radical (unpaired) electrons. The summed E-state index contributed by atoms with van der Waals surface area (Å²) in [4.78, 5) is 38.7. The van der Waals surface area contributed by atoms with E-state index in [1.165, 1.54) is 21.8 Å². The van der Waals surface area contributed by atoms with Crippen LogP contribution in [-0.4, -0.2) is 44.3 Å². The lowest BCUT2D eigenvalue weighted by atomic mass is 10.2. The summed E-state index contributed by atoms with van der Waals surface area (Å²) in [6.45, 7) is 1.71. The van der Waals surface area contributed by atoms with Gasteiger partial charge in [-0.2, -0.15) is 0 Å². The van der Waals surface area contributed by atoms with E-state index >= 15 is 0 Å². The fourth-order valence-electron chi connectivity index (χ4n) is 2.36. The largest absolute Gasteiger partial charge is 0.462 e. The number of rotatable bonds is 6. The molecule has 1 fully saturated rings. The lowest BCUT2D eigenvalue weighted by molar-refractivity contribution is -0.149. The van der Waals surface area contributed by atoms with Gasteiger partial charge in [0.25, 0.3) is 5.56 Å². The molecule has 0 saturated carbocycles. The summed E-state index contributed by atoms with van der Waals surface area (Å²) in [6, 6.07) is 0. The maximum Gasteiger partial charge on any atom is 0.330 e. The Labute approximate surface area is 160 Å². The van der Waals surface area contributed by atoms with E-state index in [0.717, 1.165) is 0 Å². The number of aromatic amines is 1. The predicted octanol–water partition coefficient (Wildman–Crippen LogP) is 1.27. The minimum atomic E-state index is -0.901. The van der Waals surface area contributed by atoms with Gasteiger partial charge >= 0.3 is 11.7 Å². The molecule has 4 atom stereocenters. The molecule has 2 unspecified atom stereocenters. The van der Waals surface area contributed by atoms with Crippen LogP contribution < -0.4 is 11.2 Å². The maximum absolute atomic E-state index is 12.0. The van der Waals surface area contributed by atoms with Gasteiger partial charge in [0, 0.05) is 12.6 Å². The van der Waals surface area contributed by atoms with Crippen LogP contribution >= 0.6 is 31.9 Å². The molecule has 0 aliphatic carbocycles. The number of aliphatic hydroxyl groups excluding tert-OH is 1. The zero-order valence-corrected chi connectivity index (χ0v) is 16.5. The minimum Gasteiger partial charge on any atom is -0.462 e. The first kappa shape index (κ1) is 20.1. The van der Waals surface area contributed by atoms with Gasteiger partial charge in [-0.05, 0) is 17.5 Å². The molecular weight excluding hydrogens is 464 g/mol. The molecule has 138 valence electrons. The van der Waals surface area contributed by atoms with Crippen LogP contribution in [0.5, 0.6) is 0 Å². The maximum atomic E-state index is 12.0. The number of esters is 1. The molecular formula is C15H18Br2N2O6. The molecule has 1 aliphatic rings. The van der Waals surface area contributed by atoms with Gasteiger partial charge in [-0.1, -0.05) is 38.8 Å². The molecule has 1 saturated heterocycles. The fraction of sp³-hybridized carbons (Fsp3) is 0.533. The number of hydrogen-bond acceptors (Lipinski definition) is 6. The Morgan fingerprint density at radius 2 is 2.32 bits per heavy atom. The second kappa shape index (κ2) is 8.93. The lowest BCUT2D eigenvalue weighted by Gasteiger charge is -2.17. The molecule has 2 N–H and O–H groups in total. The molecule has 25 heavy (non-hydrogen) atoms. The summed E-state index contributed by atoms with van der Waals surface area (Å²) >= 11 is 6.26. The molecule has 10 heteroatoms. The lowest BCUT2D eigenvalue weighted by Crippen LogP contribution is -2.33. The van der Waals surface area contributed by atoms with Crippen LogP contribution in [0.2, 0.25) is 0 Å². The average molecular weight is 482 g/mol. The molecule has 0 bridgehead atoms. The number of H-pyrrole nitrogens is 1. The summed E-state index contributed by atoms with van der Waals surface area (Å²) in [7, 11) is 0. The highest BCUT2D eigenvalue weighted by Crippen LogP contribution is 2.28. The molecule has 1 aliphatic heterocycles. The summed E-state index contributed by atoms with van der Waals surface area (Å²) in [5.41, 5.74) is -0.906. The van der Waals surface area contributed by atoms with E-state index in [2.05, 4.69) is 36.8 Å². The summed E-state index contributed by atoms with van der Waals surface area (Å²) in [6.07, 6.45) is 1.14. The van der Waals surface area contributed by atoms with Crippen LogP contribution in [0.4, 0.5) is 0 Å². The topological polar surface area (TPSA) is 111 Å². The number of nitrogens with zero attached hydrogens (tertiary/aromatic N) is 1. The van der Waals surface area contributed by atoms with E-state index in [0.29, 0.717) is 6.42 Å². The molecule has 0 aromatic carbocycles. The van der Waals surface area contributed by atoms with Gasteiger partial charge in [-0.3, -0.25) is 19.1 Å². The van der Waals surface area contributed by atoms with Crippen molar-refractivity contribution in [2.45, 2.75) is 43.0 Å². The van der Waals surface area contributed by atoms with Crippen LogP contribution in [0, 0.1) is 0 Å². The first-order valence-electron chi connectivity index (χ1n) is 7.63. The van der Waals surface area contributed by atoms with Crippen LogP contribution in [0.25, 0.3) is 6.08 Å². The van der Waals surface area contributed by atoms with Crippen LogP contribution in [0.15, 0.2) is 20.8 Å². The number of aliphatic hydroxyl groups is 1. The molecule has 0 amide bonds. The van der Waals surface area contributed by atoms with Crippen LogP contribution in [-0.2, 0) is 14.3 Å². The Bertz CT molecular complexity index is 759. The normalized spacial score (nSPS) is 24.6. The second-order valence-corrected chi connectivity index (χ2v) is 7.12. The fourth-order valence-corrected chi connectivity index (χ4v) is 2.78. The van der Waals surface area contributed by atoms with Gasteiger partial charge in [0.1, 0.15) is 23.8 Å². The van der Waals surface area contributed by atoms with Crippen molar-refractivity contribution in [2.24, 2.45) is 0 Å². The Morgan fingerprint density at radius 3 is 2.96 bits per heavy atom. The molecule has 2 heterocycles. The van der Waals surface area contributed by atoms with Crippen LogP contribution in [0.1, 0.15) is 31.6 Å². The SMILES string of the molecule is CCC(Br)C(=O)OC[C@@H]1O[C@H](n2cc(C=CBr)c(=O)[nH]c2=O)CC1O. The number of aromatic nitrogens is 2.